The van der Waals surface area contributed by atoms with Crippen molar-refractivity contribution in [3.63, 3.8) is 0 Å². The summed E-state index contributed by atoms with van der Waals surface area (Å²) in [4.78, 5) is 0. The van der Waals surface area contributed by atoms with Gasteiger partial charge < -0.3 is 4.43 Å². The molecule has 0 unspecified atom stereocenters. The van der Waals surface area contributed by atoms with Crippen molar-refractivity contribution in [2.75, 3.05) is 0 Å². The summed E-state index contributed by atoms with van der Waals surface area (Å²) in [6.07, 6.45) is 5.54. The Bertz CT molecular complexity index is 437. The van der Waals surface area contributed by atoms with Crippen molar-refractivity contribution in [1.82, 2.24) is 0 Å². The van der Waals surface area contributed by atoms with Crippen molar-refractivity contribution in [3.8, 4) is 0 Å². The van der Waals surface area contributed by atoms with Crippen LogP contribution in [0.2, 0.25) is 19.6 Å². The molecule has 0 radical (unpaired) electrons. The van der Waals surface area contributed by atoms with Gasteiger partial charge >= 0.3 is 0 Å². The molecule has 0 heterocycles. The highest BCUT2D eigenvalue weighted by atomic mass is 28.4. The summed E-state index contributed by atoms with van der Waals surface area (Å²) in [6.45, 7) is 19.5. The van der Waals surface area contributed by atoms with Crippen LogP contribution < -0.4 is 0 Å². The highest BCUT2D eigenvalue weighted by Crippen LogP contribution is 2.81. The Hall–Kier alpha value is 0.177. The molecule has 3 saturated carbocycles. The van der Waals surface area contributed by atoms with Crippen LogP contribution in [0, 0.1) is 28.1 Å². The zero-order valence-corrected chi connectivity index (χ0v) is 15.9. The minimum absolute atomic E-state index is 0.119. The monoisotopic (exact) mass is 294 g/mol. The van der Waals surface area contributed by atoms with Crippen LogP contribution in [0.3, 0.4) is 0 Å². The SMILES string of the molecule is CC1(C)C[C@H]2C[C@@](C)(O[Si](C)(C)C)[C@]3(C)C[C@]3(C)[C@H]2C1. The summed E-state index contributed by atoms with van der Waals surface area (Å²) in [5.74, 6) is 1.84. The fourth-order valence-electron chi connectivity index (χ4n) is 6.23. The van der Waals surface area contributed by atoms with Crippen LogP contribution >= 0.6 is 0 Å². The zero-order valence-electron chi connectivity index (χ0n) is 14.9. The molecule has 0 aromatic carbocycles. The molecule has 2 heteroatoms. The van der Waals surface area contributed by atoms with E-state index in [1.165, 1.54) is 25.7 Å². The molecule has 0 aromatic heterocycles. The van der Waals surface area contributed by atoms with Crippen molar-refractivity contribution >= 4 is 8.32 Å². The normalized spacial score (nSPS) is 53.4. The predicted octanol–water partition coefficient (Wildman–Crippen LogP) is 5.47. The van der Waals surface area contributed by atoms with Gasteiger partial charge in [-0.15, -0.1) is 0 Å². The maximum atomic E-state index is 6.80. The summed E-state index contributed by atoms with van der Waals surface area (Å²) in [5, 5.41) is 0. The summed E-state index contributed by atoms with van der Waals surface area (Å²) in [7, 11) is -1.49. The zero-order chi connectivity index (χ0) is 15.2. The van der Waals surface area contributed by atoms with Gasteiger partial charge in [-0.2, -0.15) is 0 Å². The quantitative estimate of drug-likeness (QED) is 0.614. The number of rotatable bonds is 2. The van der Waals surface area contributed by atoms with E-state index >= 15 is 0 Å². The van der Waals surface area contributed by atoms with Gasteiger partial charge in [-0.25, -0.2) is 0 Å². The Kier molecular flexibility index (Phi) is 2.82. The average Bonchev–Trinajstić information content (AvgIpc) is 2.62. The molecule has 0 bridgehead atoms. The molecule has 5 atom stereocenters. The van der Waals surface area contributed by atoms with E-state index in [4.69, 9.17) is 4.43 Å². The van der Waals surface area contributed by atoms with Gasteiger partial charge in [-0.3, -0.25) is 0 Å². The standard InChI is InChI=1S/C18H34OSi/c1-15(2)9-13-10-18(5,19-20(6,7)8)17(4)12-16(17,3)14(13)11-15/h13-14H,9-12H2,1-8H3/t13-,14-,16+,17+,18+/m0/s1. The number of hydrogen-bond donors (Lipinski definition) is 0. The van der Waals surface area contributed by atoms with E-state index in [1.54, 1.807) is 0 Å². The van der Waals surface area contributed by atoms with Gasteiger partial charge in [0.1, 0.15) is 0 Å². The Morgan fingerprint density at radius 2 is 1.50 bits per heavy atom. The Morgan fingerprint density at radius 1 is 0.900 bits per heavy atom. The van der Waals surface area contributed by atoms with Crippen LogP contribution in [-0.2, 0) is 4.43 Å². The molecule has 0 aromatic rings. The molecule has 0 spiro atoms. The van der Waals surface area contributed by atoms with Crippen molar-refractivity contribution < 1.29 is 4.43 Å². The first-order valence-corrected chi connectivity index (χ1v) is 11.9. The molecule has 3 fully saturated rings. The largest absolute Gasteiger partial charge is 0.412 e. The molecule has 0 aliphatic heterocycles. The van der Waals surface area contributed by atoms with Crippen molar-refractivity contribution in [1.29, 1.82) is 0 Å². The third-order valence-electron chi connectivity index (χ3n) is 7.18. The maximum Gasteiger partial charge on any atom is 0.184 e. The fraction of sp³-hybridized carbons (Fsp3) is 1.00. The van der Waals surface area contributed by atoms with Crippen LogP contribution in [0.1, 0.15) is 60.3 Å². The summed E-state index contributed by atoms with van der Waals surface area (Å²) < 4.78 is 6.80. The lowest BCUT2D eigenvalue weighted by Crippen LogP contribution is -2.53. The van der Waals surface area contributed by atoms with Gasteiger partial charge in [0.15, 0.2) is 8.32 Å². The molecule has 3 rings (SSSR count). The van der Waals surface area contributed by atoms with Crippen LogP contribution in [0.5, 0.6) is 0 Å². The first-order chi connectivity index (χ1) is 8.82. The smallest absolute Gasteiger partial charge is 0.184 e. The molecular formula is C18H34OSi. The molecule has 0 saturated heterocycles. The minimum atomic E-state index is -1.49. The van der Waals surface area contributed by atoms with Crippen molar-refractivity contribution in [2.45, 2.75) is 85.5 Å². The van der Waals surface area contributed by atoms with Crippen LogP contribution in [0.4, 0.5) is 0 Å². The molecule has 0 amide bonds. The summed E-state index contributed by atoms with van der Waals surface area (Å²) in [6, 6.07) is 0. The van der Waals surface area contributed by atoms with Gasteiger partial charge in [-0.05, 0) is 74.9 Å². The van der Waals surface area contributed by atoms with E-state index in [9.17, 15) is 0 Å². The number of hydrogen-bond acceptors (Lipinski definition) is 1. The predicted molar refractivity (Wildman–Crippen MR) is 88.3 cm³/mol. The van der Waals surface area contributed by atoms with Crippen LogP contribution in [0.15, 0.2) is 0 Å². The van der Waals surface area contributed by atoms with Crippen LogP contribution in [-0.4, -0.2) is 13.9 Å². The second-order valence-electron chi connectivity index (χ2n) is 10.5. The molecule has 3 aliphatic rings. The van der Waals surface area contributed by atoms with Crippen molar-refractivity contribution in [2.24, 2.45) is 28.1 Å². The minimum Gasteiger partial charge on any atom is -0.412 e. The van der Waals surface area contributed by atoms with E-state index in [0.717, 1.165) is 11.8 Å². The Labute approximate surface area is 127 Å². The fourth-order valence-corrected chi connectivity index (χ4v) is 7.89. The highest BCUT2D eigenvalue weighted by Gasteiger charge is 2.77. The van der Waals surface area contributed by atoms with Gasteiger partial charge in [0.25, 0.3) is 0 Å². The van der Waals surface area contributed by atoms with Crippen molar-refractivity contribution in [3.05, 3.63) is 0 Å². The second-order valence-corrected chi connectivity index (χ2v) is 14.9. The Morgan fingerprint density at radius 3 is 2.05 bits per heavy atom. The third kappa shape index (κ3) is 1.90. The summed E-state index contributed by atoms with van der Waals surface area (Å²) in [5.41, 5.74) is 1.63. The topological polar surface area (TPSA) is 9.23 Å². The Balaban J connectivity index is 1.94. The lowest BCUT2D eigenvalue weighted by atomic mass is 9.62. The van der Waals surface area contributed by atoms with Gasteiger partial charge in [0, 0.05) is 5.41 Å². The highest BCUT2D eigenvalue weighted by molar-refractivity contribution is 6.69. The van der Waals surface area contributed by atoms with E-state index in [2.05, 4.69) is 54.3 Å². The molecule has 116 valence electrons. The van der Waals surface area contributed by atoms with Gasteiger partial charge in [-0.1, -0.05) is 27.7 Å². The van der Waals surface area contributed by atoms with Gasteiger partial charge in [0.2, 0.25) is 0 Å². The molecule has 3 aliphatic carbocycles. The average molecular weight is 295 g/mol. The second kappa shape index (κ2) is 3.74. The molecule has 1 nitrogen and oxygen atoms in total. The molecule has 0 N–H and O–H groups in total. The third-order valence-corrected chi connectivity index (χ3v) is 8.24. The number of fused-ring (bicyclic) bond motifs is 3. The summed E-state index contributed by atoms with van der Waals surface area (Å²) >= 11 is 0. The molecule has 20 heavy (non-hydrogen) atoms. The first kappa shape index (κ1) is 15.1. The van der Waals surface area contributed by atoms with Gasteiger partial charge in [0.05, 0.1) is 5.60 Å². The van der Waals surface area contributed by atoms with Crippen LogP contribution in [0.25, 0.3) is 0 Å². The van der Waals surface area contributed by atoms with E-state index < -0.39 is 8.32 Å². The van der Waals surface area contributed by atoms with E-state index in [-0.39, 0.29) is 5.60 Å². The van der Waals surface area contributed by atoms with E-state index in [0.29, 0.717) is 16.2 Å². The lowest BCUT2D eigenvalue weighted by Gasteiger charge is -2.51. The van der Waals surface area contributed by atoms with E-state index in [1.807, 2.05) is 0 Å². The lowest BCUT2D eigenvalue weighted by molar-refractivity contribution is -0.0749. The molecular weight excluding hydrogens is 260 g/mol. The maximum absolute atomic E-state index is 6.80. The first-order valence-electron chi connectivity index (χ1n) is 8.52.